The van der Waals surface area contributed by atoms with Gasteiger partial charge in [-0.2, -0.15) is 0 Å². The first-order valence-electron chi connectivity index (χ1n) is 8.22. The maximum absolute atomic E-state index is 6.47. The summed E-state index contributed by atoms with van der Waals surface area (Å²) >= 11 is 6.10. The zero-order valence-corrected chi connectivity index (χ0v) is 14.0. The molecule has 0 amide bonds. The lowest BCUT2D eigenvalue weighted by atomic mass is 9.76. The number of ether oxygens (including phenoxy) is 1. The summed E-state index contributed by atoms with van der Waals surface area (Å²) in [6.45, 7) is 2.28. The molecule has 1 aromatic rings. The maximum Gasteiger partial charge on any atom is 0.122 e. The van der Waals surface area contributed by atoms with Crippen LogP contribution in [0.15, 0.2) is 18.2 Å². The molecule has 2 rings (SSSR count). The second-order valence-corrected chi connectivity index (χ2v) is 6.83. The molecule has 0 heterocycles. The Kier molecular flexibility index (Phi) is 6.38. The Balaban J connectivity index is 1.93. The van der Waals surface area contributed by atoms with Gasteiger partial charge in [0.15, 0.2) is 0 Å². The van der Waals surface area contributed by atoms with Crippen molar-refractivity contribution in [3.05, 3.63) is 28.8 Å². The number of halogens is 1. The van der Waals surface area contributed by atoms with Gasteiger partial charge in [0.05, 0.1) is 7.11 Å². The van der Waals surface area contributed by atoms with E-state index in [1.807, 2.05) is 18.2 Å². The molecular formula is C18H28ClNO. The summed E-state index contributed by atoms with van der Waals surface area (Å²) in [7, 11) is 1.70. The number of hydrogen-bond acceptors (Lipinski definition) is 2. The standard InChI is InChI=1S/C18H28ClNO/c1-3-4-13-5-7-14(8-6-13)17(20)12-15-11-16(19)9-10-18(15)21-2/h9-11,13-14,17H,3-8,12,20H2,1-2H3. The smallest absolute Gasteiger partial charge is 0.122 e. The van der Waals surface area contributed by atoms with Crippen LogP contribution in [0.3, 0.4) is 0 Å². The van der Waals surface area contributed by atoms with E-state index in [1.165, 1.54) is 38.5 Å². The Morgan fingerprint density at radius 2 is 2.00 bits per heavy atom. The van der Waals surface area contributed by atoms with Gasteiger partial charge in [-0.15, -0.1) is 0 Å². The van der Waals surface area contributed by atoms with Crippen LogP contribution < -0.4 is 10.5 Å². The molecule has 1 atom stereocenters. The molecule has 0 saturated heterocycles. The van der Waals surface area contributed by atoms with E-state index < -0.39 is 0 Å². The van der Waals surface area contributed by atoms with E-state index in [0.717, 1.165) is 28.7 Å². The topological polar surface area (TPSA) is 35.2 Å². The van der Waals surface area contributed by atoms with Crippen LogP contribution in [0.2, 0.25) is 5.02 Å². The Morgan fingerprint density at radius 3 is 2.62 bits per heavy atom. The van der Waals surface area contributed by atoms with Crippen LogP contribution in [-0.2, 0) is 6.42 Å². The average Bonchev–Trinajstić information content (AvgIpc) is 2.48. The molecule has 1 aliphatic rings. The molecule has 3 heteroatoms. The predicted molar refractivity (Wildman–Crippen MR) is 90.0 cm³/mol. The first kappa shape index (κ1) is 16.6. The van der Waals surface area contributed by atoms with Gasteiger partial charge in [-0.1, -0.05) is 44.2 Å². The number of hydrogen-bond donors (Lipinski definition) is 1. The van der Waals surface area contributed by atoms with Gasteiger partial charge in [-0.3, -0.25) is 0 Å². The lowest BCUT2D eigenvalue weighted by Gasteiger charge is -2.32. The van der Waals surface area contributed by atoms with Crippen molar-refractivity contribution in [3.8, 4) is 5.75 Å². The molecule has 0 spiro atoms. The van der Waals surface area contributed by atoms with Crippen LogP contribution in [0.5, 0.6) is 5.75 Å². The molecule has 1 fully saturated rings. The predicted octanol–water partition coefficient (Wildman–Crippen LogP) is 4.82. The molecule has 0 aromatic heterocycles. The highest BCUT2D eigenvalue weighted by molar-refractivity contribution is 6.30. The Labute approximate surface area is 134 Å². The van der Waals surface area contributed by atoms with E-state index in [1.54, 1.807) is 7.11 Å². The molecule has 0 bridgehead atoms. The van der Waals surface area contributed by atoms with Gasteiger partial charge in [-0.25, -0.2) is 0 Å². The zero-order chi connectivity index (χ0) is 15.2. The molecule has 0 aliphatic heterocycles. The van der Waals surface area contributed by atoms with Gasteiger partial charge in [0, 0.05) is 11.1 Å². The Morgan fingerprint density at radius 1 is 1.29 bits per heavy atom. The van der Waals surface area contributed by atoms with E-state index in [4.69, 9.17) is 22.1 Å². The Hall–Kier alpha value is -0.730. The fraction of sp³-hybridized carbons (Fsp3) is 0.667. The van der Waals surface area contributed by atoms with Crippen molar-refractivity contribution in [2.45, 2.75) is 57.9 Å². The van der Waals surface area contributed by atoms with Crippen molar-refractivity contribution in [1.82, 2.24) is 0 Å². The Bertz CT molecular complexity index is 441. The third-order valence-corrected chi connectivity index (χ3v) is 5.13. The van der Waals surface area contributed by atoms with Crippen LogP contribution in [0.4, 0.5) is 0 Å². The van der Waals surface area contributed by atoms with Gasteiger partial charge < -0.3 is 10.5 Å². The number of methoxy groups -OCH3 is 1. The van der Waals surface area contributed by atoms with Crippen LogP contribution in [0, 0.1) is 11.8 Å². The summed E-state index contributed by atoms with van der Waals surface area (Å²) in [5.41, 5.74) is 7.61. The van der Waals surface area contributed by atoms with Crippen molar-refractivity contribution in [2.24, 2.45) is 17.6 Å². The molecule has 0 radical (unpaired) electrons. The summed E-state index contributed by atoms with van der Waals surface area (Å²) in [5.74, 6) is 2.47. The third kappa shape index (κ3) is 4.62. The summed E-state index contributed by atoms with van der Waals surface area (Å²) in [6.07, 6.45) is 8.78. The highest BCUT2D eigenvalue weighted by Crippen LogP contribution is 2.34. The largest absolute Gasteiger partial charge is 0.496 e. The van der Waals surface area contributed by atoms with Crippen molar-refractivity contribution in [1.29, 1.82) is 0 Å². The second-order valence-electron chi connectivity index (χ2n) is 6.39. The maximum atomic E-state index is 6.47. The van der Waals surface area contributed by atoms with Crippen LogP contribution in [0.25, 0.3) is 0 Å². The van der Waals surface area contributed by atoms with Crippen molar-refractivity contribution >= 4 is 11.6 Å². The van der Waals surface area contributed by atoms with Gasteiger partial charge in [0.1, 0.15) is 5.75 Å². The normalized spacial score (nSPS) is 23.8. The second kappa shape index (κ2) is 8.05. The average molecular weight is 310 g/mol. The summed E-state index contributed by atoms with van der Waals surface area (Å²) in [4.78, 5) is 0. The van der Waals surface area contributed by atoms with E-state index in [2.05, 4.69) is 6.92 Å². The highest BCUT2D eigenvalue weighted by Gasteiger charge is 2.25. The molecular weight excluding hydrogens is 282 g/mol. The number of nitrogens with two attached hydrogens (primary N) is 1. The van der Waals surface area contributed by atoms with Crippen molar-refractivity contribution in [3.63, 3.8) is 0 Å². The van der Waals surface area contributed by atoms with Gasteiger partial charge >= 0.3 is 0 Å². The SMILES string of the molecule is CCCC1CCC(C(N)Cc2cc(Cl)ccc2OC)CC1. The van der Waals surface area contributed by atoms with Crippen LogP contribution >= 0.6 is 11.6 Å². The van der Waals surface area contributed by atoms with E-state index in [9.17, 15) is 0 Å². The minimum absolute atomic E-state index is 0.208. The van der Waals surface area contributed by atoms with Crippen LogP contribution in [0.1, 0.15) is 51.0 Å². The molecule has 21 heavy (non-hydrogen) atoms. The van der Waals surface area contributed by atoms with Crippen LogP contribution in [-0.4, -0.2) is 13.2 Å². The minimum Gasteiger partial charge on any atom is -0.496 e. The fourth-order valence-corrected chi connectivity index (χ4v) is 3.84. The molecule has 1 saturated carbocycles. The number of rotatable bonds is 6. The van der Waals surface area contributed by atoms with E-state index in [-0.39, 0.29) is 6.04 Å². The summed E-state index contributed by atoms with van der Waals surface area (Å²) in [6, 6.07) is 6.00. The lowest BCUT2D eigenvalue weighted by molar-refractivity contribution is 0.232. The van der Waals surface area contributed by atoms with E-state index in [0.29, 0.717) is 5.92 Å². The quantitative estimate of drug-likeness (QED) is 0.817. The molecule has 118 valence electrons. The molecule has 2 N–H and O–H groups in total. The fourth-order valence-electron chi connectivity index (χ4n) is 3.64. The molecule has 1 aliphatic carbocycles. The van der Waals surface area contributed by atoms with Gasteiger partial charge in [0.25, 0.3) is 0 Å². The monoisotopic (exact) mass is 309 g/mol. The number of benzene rings is 1. The first-order valence-corrected chi connectivity index (χ1v) is 8.59. The molecule has 1 unspecified atom stereocenters. The molecule has 1 aromatic carbocycles. The third-order valence-electron chi connectivity index (χ3n) is 4.89. The lowest BCUT2D eigenvalue weighted by Crippen LogP contribution is -2.35. The molecule has 2 nitrogen and oxygen atoms in total. The van der Waals surface area contributed by atoms with E-state index >= 15 is 0 Å². The minimum atomic E-state index is 0.208. The van der Waals surface area contributed by atoms with Gasteiger partial charge in [-0.05, 0) is 54.9 Å². The van der Waals surface area contributed by atoms with Gasteiger partial charge in [0.2, 0.25) is 0 Å². The highest BCUT2D eigenvalue weighted by atomic mass is 35.5. The first-order chi connectivity index (χ1) is 10.1. The van der Waals surface area contributed by atoms with Crippen molar-refractivity contribution in [2.75, 3.05) is 7.11 Å². The summed E-state index contributed by atoms with van der Waals surface area (Å²) in [5, 5.41) is 0.754. The zero-order valence-electron chi connectivity index (χ0n) is 13.3. The summed E-state index contributed by atoms with van der Waals surface area (Å²) < 4.78 is 5.42. The van der Waals surface area contributed by atoms with Crippen molar-refractivity contribution < 1.29 is 4.74 Å².